The van der Waals surface area contributed by atoms with E-state index in [1.54, 1.807) is 43.7 Å². The maximum absolute atomic E-state index is 12.1. The lowest BCUT2D eigenvalue weighted by Crippen LogP contribution is -2.21. The molecule has 1 heterocycles. The number of nitrogens with one attached hydrogen (secondary N) is 1. The Labute approximate surface area is 127 Å². The summed E-state index contributed by atoms with van der Waals surface area (Å²) in [6.07, 6.45) is 0. The summed E-state index contributed by atoms with van der Waals surface area (Å²) in [6, 6.07) is 7.64. The summed E-state index contributed by atoms with van der Waals surface area (Å²) in [5.74, 6) is -0.143. The second kappa shape index (κ2) is 5.74. The van der Waals surface area contributed by atoms with Crippen molar-refractivity contribution >= 4 is 38.6 Å². The van der Waals surface area contributed by atoms with Crippen molar-refractivity contribution < 1.29 is 13.2 Å². The summed E-state index contributed by atoms with van der Waals surface area (Å²) in [6.45, 7) is 0. The van der Waals surface area contributed by atoms with E-state index in [2.05, 4.69) is 4.72 Å². The first-order valence-corrected chi connectivity index (χ1v) is 8.34. The zero-order valence-electron chi connectivity index (χ0n) is 11.5. The van der Waals surface area contributed by atoms with E-state index in [0.717, 1.165) is 11.3 Å². The Kier molecular flexibility index (Phi) is 4.19. The van der Waals surface area contributed by atoms with Gasteiger partial charge < -0.3 is 10.6 Å². The Bertz CT molecular complexity index is 749. The van der Waals surface area contributed by atoms with E-state index in [-0.39, 0.29) is 10.1 Å². The topological polar surface area (TPSA) is 92.5 Å². The third-order valence-electron chi connectivity index (χ3n) is 2.65. The molecule has 0 fully saturated rings. The SMILES string of the molecule is CN(C)C(=O)c1ccc(NS(=O)(=O)c2cc(N)cs2)cc1. The molecule has 0 saturated carbocycles. The molecular formula is C13H15N3O3S2. The predicted octanol–water partition coefficient (Wildman–Crippen LogP) is 1.83. The smallest absolute Gasteiger partial charge is 0.271 e. The highest BCUT2D eigenvalue weighted by molar-refractivity contribution is 7.94. The van der Waals surface area contributed by atoms with Gasteiger partial charge in [-0.1, -0.05) is 0 Å². The highest BCUT2D eigenvalue weighted by Crippen LogP contribution is 2.24. The van der Waals surface area contributed by atoms with Crippen molar-refractivity contribution in [2.24, 2.45) is 0 Å². The van der Waals surface area contributed by atoms with Gasteiger partial charge in [0.05, 0.1) is 0 Å². The molecule has 0 spiro atoms. The molecule has 1 aromatic carbocycles. The van der Waals surface area contributed by atoms with Crippen molar-refractivity contribution in [2.75, 3.05) is 24.6 Å². The molecule has 0 bridgehead atoms. The summed E-state index contributed by atoms with van der Waals surface area (Å²) in [7, 11) is -0.343. The molecule has 6 nitrogen and oxygen atoms in total. The Morgan fingerprint density at radius 1 is 1.24 bits per heavy atom. The van der Waals surface area contributed by atoms with Gasteiger partial charge in [-0.05, 0) is 30.3 Å². The fourth-order valence-corrected chi connectivity index (χ4v) is 3.75. The van der Waals surface area contributed by atoms with E-state index in [1.807, 2.05) is 0 Å². The van der Waals surface area contributed by atoms with Crippen LogP contribution in [0.15, 0.2) is 39.9 Å². The van der Waals surface area contributed by atoms with Gasteiger partial charge in [-0.3, -0.25) is 9.52 Å². The number of thiophene rings is 1. The van der Waals surface area contributed by atoms with Crippen LogP contribution in [-0.4, -0.2) is 33.3 Å². The van der Waals surface area contributed by atoms with Crippen LogP contribution in [0.5, 0.6) is 0 Å². The summed E-state index contributed by atoms with van der Waals surface area (Å²) in [4.78, 5) is 13.2. The minimum absolute atomic E-state index is 0.143. The summed E-state index contributed by atoms with van der Waals surface area (Å²) in [5, 5.41) is 1.56. The molecular weight excluding hydrogens is 310 g/mol. The number of carbonyl (C=O) groups excluding carboxylic acids is 1. The quantitative estimate of drug-likeness (QED) is 0.897. The predicted molar refractivity (Wildman–Crippen MR) is 84.0 cm³/mol. The van der Waals surface area contributed by atoms with Crippen LogP contribution in [0, 0.1) is 0 Å². The fraction of sp³-hybridized carbons (Fsp3) is 0.154. The molecule has 8 heteroatoms. The normalized spacial score (nSPS) is 11.1. The highest BCUT2D eigenvalue weighted by atomic mass is 32.2. The van der Waals surface area contributed by atoms with Gasteiger partial charge in [0.15, 0.2) is 0 Å². The van der Waals surface area contributed by atoms with Gasteiger partial charge in [0.2, 0.25) is 0 Å². The molecule has 1 amide bonds. The van der Waals surface area contributed by atoms with Crippen molar-refractivity contribution in [1.82, 2.24) is 4.90 Å². The second-order valence-corrected chi connectivity index (χ2v) is 7.40. The second-order valence-electron chi connectivity index (χ2n) is 4.58. The summed E-state index contributed by atoms with van der Waals surface area (Å²) in [5.41, 5.74) is 6.81. The van der Waals surface area contributed by atoms with E-state index >= 15 is 0 Å². The average molecular weight is 325 g/mol. The van der Waals surface area contributed by atoms with Gasteiger partial charge >= 0.3 is 0 Å². The van der Waals surface area contributed by atoms with Crippen molar-refractivity contribution in [3.63, 3.8) is 0 Å². The number of nitrogens with zero attached hydrogens (tertiary/aromatic N) is 1. The van der Waals surface area contributed by atoms with E-state index in [1.165, 1.54) is 11.0 Å². The van der Waals surface area contributed by atoms with Gasteiger partial charge in [0.25, 0.3) is 15.9 Å². The minimum Gasteiger partial charge on any atom is -0.398 e. The molecule has 0 aliphatic rings. The van der Waals surface area contributed by atoms with Crippen LogP contribution in [-0.2, 0) is 10.0 Å². The zero-order valence-corrected chi connectivity index (χ0v) is 13.2. The number of benzene rings is 1. The molecule has 3 N–H and O–H groups in total. The number of rotatable bonds is 4. The van der Waals surface area contributed by atoms with Crippen molar-refractivity contribution in [2.45, 2.75) is 4.21 Å². The first kappa shape index (κ1) is 15.3. The summed E-state index contributed by atoms with van der Waals surface area (Å²) < 4.78 is 26.8. The molecule has 0 aliphatic carbocycles. The van der Waals surface area contributed by atoms with Crippen LogP contribution in [0.1, 0.15) is 10.4 Å². The van der Waals surface area contributed by atoms with Crippen LogP contribution in [0.2, 0.25) is 0 Å². The van der Waals surface area contributed by atoms with Gasteiger partial charge in [-0.15, -0.1) is 11.3 Å². The molecule has 0 radical (unpaired) electrons. The monoisotopic (exact) mass is 325 g/mol. The van der Waals surface area contributed by atoms with Crippen LogP contribution < -0.4 is 10.5 Å². The maximum atomic E-state index is 12.1. The van der Waals surface area contributed by atoms with Crippen LogP contribution >= 0.6 is 11.3 Å². The van der Waals surface area contributed by atoms with Crippen molar-refractivity contribution in [1.29, 1.82) is 0 Å². The molecule has 112 valence electrons. The number of hydrogen-bond donors (Lipinski definition) is 2. The van der Waals surface area contributed by atoms with Crippen LogP contribution in [0.3, 0.4) is 0 Å². The molecule has 1 aromatic heterocycles. The maximum Gasteiger partial charge on any atom is 0.271 e. The third kappa shape index (κ3) is 3.53. The first-order valence-electron chi connectivity index (χ1n) is 5.98. The van der Waals surface area contributed by atoms with Crippen molar-refractivity contribution in [3.05, 3.63) is 41.3 Å². The number of nitrogen functional groups attached to an aromatic ring is 1. The van der Waals surface area contributed by atoms with E-state index in [9.17, 15) is 13.2 Å². The Hall–Kier alpha value is -2.06. The van der Waals surface area contributed by atoms with E-state index in [0.29, 0.717) is 16.9 Å². The van der Waals surface area contributed by atoms with Crippen LogP contribution in [0.4, 0.5) is 11.4 Å². The fourth-order valence-electron chi connectivity index (χ4n) is 1.62. The molecule has 0 atom stereocenters. The Morgan fingerprint density at radius 2 is 1.86 bits per heavy atom. The average Bonchev–Trinajstić information content (AvgIpc) is 2.86. The molecule has 0 saturated heterocycles. The lowest BCUT2D eigenvalue weighted by atomic mass is 10.2. The number of sulfonamides is 1. The molecule has 21 heavy (non-hydrogen) atoms. The van der Waals surface area contributed by atoms with Gasteiger partial charge in [0, 0.05) is 36.4 Å². The third-order valence-corrected chi connectivity index (χ3v) is 5.49. The molecule has 0 unspecified atom stereocenters. The number of hydrogen-bond acceptors (Lipinski definition) is 5. The molecule has 2 aromatic rings. The highest BCUT2D eigenvalue weighted by Gasteiger charge is 2.16. The molecule has 0 aliphatic heterocycles. The van der Waals surface area contributed by atoms with Gasteiger partial charge in [-0.2, -0.15) is 0 Å². The lowest BCUT2D eigenvalue weighted by Gasteiger charge is -2.11. The zero-order chi connectivity index (χ0) is 15.6. The Balaban J connectivity index is 2.19. The van der Waals surface area contributed by atoms with E-state index < -0.39 is 10.0 Å². The minimum atomic E-state index is -3.65. The lowest BCUT2D eigenvalue weighted by molar-refractivity contribution is 0.0827. The Morgan fingerprint density at radius 3 is 2.33 bits per heavy atom. The number of anilines is 2. The largest absolute Gasteiger partial charge is 0.398 e. The number of nitrogens with two attached hydrogens (primary N) is 1. The molecule has 2 rings (SSSR count). The number of carbonyl (C=O) groups is 1. The number of amides is 1. The first-order chi connectivity index (χ1) is 9.79. The van der Waals surface area contributed by atoms with E-state index in [4.69, 9.17) is 5.73 Å². The van der Waals surface area contributed by atoms with Crippen LogP contribution in [0.25, 0.3) is 0 Å². The van der Waals surface area contributed by atoms with Gasteiger partial charge in [-0.25, -0.2) is 8.42 Å². The summed E-state index contributed by atoms with van der Waals surface area (Å²) >= 11 is 1.05. The standard InChI is InChI=1S/C13H15N3O3S2/c1-16(2)13(17)9-3-5-11(6-4-9)15-21(18,19)12-7-10(14)8-20-12/h3-8,15H,14H2,1-2H3. The van der Waals surface area contributed by atoms with Gasteiger partial charge in [0.1, 0.15) is 4.21 Å². The van der Waals surface area contributed by atoms with Crippen molar-refractivity contribution in [3.8, 4) is 0 Å².